The van der Waals surface area contributed by atoms with Crippen LogP contribution >= 0.6 is 12.2 Å². The maximum absolute atomic E-state index is 5.44. The number of hydrogen-bond donors (Lipinski definition) is 2. The Morgan fingerprint density at radius 2 is 1.65 bits per heavy atom. The van der Waals surface area contributed by atoms with Crippen molar-refractivity contribution in [1.82, 2.24) is 10.2 Å². The highest BCUT2D eigenvalue weighted by molar-refractivity contribution is 7.80. The van der Waals surface area contributed by atoms with Crippen LogP contribution < -0.4 is 10.6 Å². The Hall–Kier alpha value is -1.91. The van der Waals surface area contributed by atoms with Gasteiger partial charge in [-0.25, -0.2) is 0 Å². The van der Waals surface area contributed by atoms with Crippen molar-refractivity contribution in [2.75, 3.05) is 26.0 Å². The lowest BCUT2D eigenvalue weighted by Gasteiger charge is -2.25. The Morgan fingerprint density at radius 1 is 1.04 bits per heavy atom. The van der Waals surface area contributed by atoms with E-state index in [2.05, 4.69) is 85.9 Å². The quantitative estimate of drug-likeness (QED) is 0.815. The first-order valence-corrected chi connectivity index (χ1v) is 8.21. The zero-order valence-electron chi connectivity index (χ0n) is 14.3. The fourth-order valence-corrected chi connectivity index (χ4v) is 2.89. The van der Waals surface area contributed by atoms with E-state index in [0.717, 1.165) is 12.2 Å². The standard InChI is InChI=1S/C19H25N3S/c1-14-10-15(2)12-17(11-14)21-19(23)20-13-18(22(3)4)16-8-6-5-7-9-16/h5-12,18H,13H2,1-4H3,(H2,20,21,23). The van der Waals surface area contributed by atoms with Gasteiger partial charge in [-0.3, -0.25) is 0 Å². The summed E-state index contributed by atoms with van der Waals surface area (Å²) in [5.74, 6) is 0. The van der Waals surface area contributed by atoms with Crippen molar-refractivity contribution < 1.29 is 0 Å². The van der Waals surface area contributed by atoms with Crippen molar-refractivity contribution >= 4 is 23.0 Å². The highest BCUT2D eigenvalue weighted by Crippen LogP contribution is 2.17. The van der Waals surface area contributed by atoms with Crippen LogP contribution in [0.2, 0.25) is 0 Å². The van der Waals surface area contributed by atoms with E-state index in [9.17, 15) is 0 Å². The van der Waals surface area contributed by atoms with E-state index in [1.165, 1.54) is 16.7 Å². The first-order chi connectivity index (χ1) is 11.0. The molecule has 0 spiro atoms. The smallest absolute Gasteiger partial charge is 0.170 e. The normalized spacial score (nSPS) is 12.0. The number of nitrogens with one attached hydrogen (secondary N) is 2. The fraction of sp³-hybridized carbons (Fsp3) is 0.316. The van der Waals surface area contributed by atoms with Gasteiger partial charge in [0.2, 0.25) is 0 Å². The Kier molecular flexibility index (Phi) is 6.13. The second-order valence-electron chi connectivity index (χ2n) is 6.10. The minimum atomic E-state index is 0.273. The molecule has 0 amide bonds. The van der Waals surface area contributed by atoms with Gasteiger partial charge in [0.25, 0.3) is 0 Å². The fourth-order valence-electron chi connectivity index (χ4n) is 2.69. The summed E-state index contributed by atoms with van der Waals surface area (Å²) in [4.78, 5) is 2.20. The molecule has 0 saturated heterocycles. The first kappa shape index (κ1) is 17.4. The molecule has 122 valence electrons. The maximum Gasteiger partial charge on any atom is 0.170 e. The second kappa shape index (κ2) is 8.09. The zero-order valence-corrected chi connectivity index (χ0v) is 15.1. The number of hydrogen-bond acceptors (Lipinski definition) is 2. The number of likely N-dealkylation sites (N-methyl/N-ethyl adjacent to an activating group) is 1. The predicted molar refractivity (Wildman–Crippen MR) is 103 cm³/mol. The Morgan fingerprint density at radius 3 is 2.22 bits per heavy atom. The summed E-state index contributed by atoms with van der Waals surface area (Å²) in [5, 5.41) is 7.25. The van der Waals surface area contributed by atoms with Crippen molar-refractivity contribution in [2.24, 2.45) is 0 Å². The molecule has 2 rings (SSSR count). The monoisotopic (exact) mass is 327 g/mol. The van der Waals surface area contributed by atoms with Gasteiger partial charge in [-0.1, -0.05) is 36.4 Å². The highest BCUT2D eigenvalue weighted by Gasteiger charge is 2.14. The van der Waals surface area contributed by atoms with Crippen LogP contribution in [-0.4, -0.2) is 30.7 Å². The summed E-state index contributed by atoms with van der Waals surface area (Å²) < 4.78 is 0. The number of anilines is 1. The lowest BCUT2D eigenvalue weighted by atomic mass is 10.1. The third kappa shape index (κ3) is 5.34. The molecule has 1 atom stereocenters. The van der Waals surface area contributed by atoms with Crippen molar-refractivity contribution in [3.05, 3.63) is 65.2 Å². The van der Waals surface area contributed by atoms with Gasteiger partial charge in [-0.2, -0.15) is 0 Å². The van der Waals surface area contributed by atoms with E-state index >= 15 is 0 Å². The van der Waals surface area contributed by atoms with Gasteiger partial charge >= 0.3 is 0 Å². The molecule has 0 aliphatic carbocycles. The van der Waals surface area contributed by atoms with Gasteiger partial charge < -0.3 is 15.5 Å². The molecule has 2 N–H and O–H groups in total. The van der Waals surface area contributed by atoms with E-state index in [-0.39, 0.29) is 6.04 Å². The van der Waals surface area contributed by atoms with Crippen LogP contribution in [0.15, 0.2) is 48.5 Å². The topological polar surface area (TPSA) is 27.3 Å². The SMILES string of the molecule is Cc1cc(C)cc(NC(=S)NCC(c2ccccc2)N(C)C)c1. The first-order valence-electron chi connectivity index (χ1n) is 7.80. The van der Waals surface area contributed by atoms with E-state index < -0.39 is 0 Å². The number of benzene rings is 2. The van der Waals surface area contributed by atoms with Gasteiger partial charge in [0.1, 0.15) is 0 Å². The number of thiocarbonyl (C=S) groups is 1. The van der Waals surface area contributed by atoms with Crippen molar-refractivity contribution in [3.8, 4) is 0 Å². The molecule has 0 aliphatic rings. The van der Waals surface area contributed by atoms with Crippen LogP contribution in [0.5, 0.6) is 0 Å². The second-order valence-corrected chi connectivity index (χ2v) is 6.51. The molecule has 0 radical (unpaired) electrons. The zero-order chi connectivity index (χ0) is 16.8. The van der Waals surface area contributed by atoms with Crippen LogP contribution in [0.25, 0.3) is 0 Å². The van der Waals surface area contributed by atoms with Gasteiger partial charge in [0, 0.05) is 12.2 Å². The Bertz CT molecular complexity index is 633. The van der Waals surface area contributed by atoms with E-state index in [1.54, 1.807) is 0 Å². The highest BCUT2D eigenvalue weighted by atomic mass is 32.1. The number of nitrogens with zero attached hydrogens (tertiary/aromatic N) is 1. The molecule has 2 aromatic carbocycles. The molecule has 0 saturated carbocycles. The third-order valence-corrected chi connectivity index (χ3v) is 3.99. The summed E-state index contributed by atoms with van der Waals surface area (Å²) in [5.41, 5.74) is 4.76. The summed E-state index contributed by atoms with van der Waals surface area (Å²) in [7, 11) is 4.17. The summed E-state index contributed by atoms with van der Waals surface area (Å²) in [6.07, 6.45) is 0. The third-order valence-electron chi connectivity index (χ3n) is 3.74. The van der Waals surface area contributed by atoms with E-state index in [0.29, 0.717) is 5.11 Å². The largest absolute Gasteiger partial charge is 0.361 e. The van der Waals surface area contributed by atoms with Gasteiger partial charge in [-0.05, 0) is 69.0 Å². The average Bonchev–Trinajstić information content (AvgIpc) is 2.47. The molecule has 2 aromatic rings. The molecular weight excluding hydrogens is 302 g/mol. The molecule has 1 unspecified atom stereocenters. The van der Waals surface area contributed by atoms with Crippen molar-refractivity contribution in [3.63, 3.8) is 0 Å². The number of rotatable bonds is 5. The minimum absolute atomic E-state index is 0.273. The molecule has 0 bridgehead atoms. The van der Waals surface area contributed by atoms with E-state index in [1.807, 2.05) is 6.07 Å². The van der Waals surface area contributed by atoms with E-state index in [4.69, 9.17) is 12.2 Å². The van der Waals surface area contributed by atoms with Crippen LogP contribution in [0, 0.1) is 13.8 Å². The predicted octanol–water partition coefficient (Wildman–Crippen LogP) is 3.89. The molecule has 4 heteroatoms. The Balaban J connectivity index is 1.96. The summed E-state index contributed by atoms with van der Waals surface area (Å²) >= 11 is 5.44. The lowest BCUT2D eigenvalue weighted by molar-refractivity contribution is 0.299. The number of aryl methyl sites for hydroxylation is 2. The van der Waals surface area contributed by atoms with Crippen LogP contribution in [-0.2, 0) is 0 Å². The average molecular weight is 327 g/mol. The van der Waals surface area contributed by atoms with Crippen LogP contribution in [0.4, 0.5) is 5.69 Å². The van der Waals surface area contributed by atoms with Gasteiger partial charge in [0.05, 0.1) is 6.04 Å². The van der Waals surface area contributed by atoms with Gasteiger partial charge in [-0.15, -0.1) is 0 Å². The lowest BCUT2D eigenvalue weighted by Crippen LogP contribution is -2.36. The van der Waals surface area contributed by atoms with Crippen molar-refractivity contribution in [1.29, 1.82) is 0 Å². The molecular formula is C19H25N3S. The van der Waals surface area contributed by atoms with Crippen LogP contribution in [0.1, 0.15) is 22.7 Å². The van der Waals surface area contributed by atoms with Gasteiger partial charge in [0.15, 0.2) is 5.11 Å². The van der Waals surface area contributed by atoms with Crippen molar-refractivity contribution in [2.45, 2.75) is 19.9 Å². The molecule has 0 heterocycles. The summed E-state index contributed by atoms with van der Waals surface area (Å²) in [6.45, 7) is 4.94. The molecule has 3 nitrogen and oxygen atoms in total. The molecule has 23 heavy (non-hydrogen) atoms. The summed E-state index contributed by atoms with van der Waals surface area (Å²) in [6, 6.07) is 17.1. The Labute approximate surface area is 144 Å². The van der Waals surface area contributed by atoms with Crippen LogP contribution in [0.3, 0.4) is 0 Å². The molecule has 0 aromatic heterocycles. The molecule has 0 fully saturated rings. The minimum Gasteiger partial charge on any atom is -0.361 e. The maximum atomic E-state index is 5.44. The molecule has 0 aliphatic heterocycles.